The number of aromatic nitrogens is 1. The minimum absolute atomic E-state index is 0.361. The van der Waals surface area contributed by atoms with Crippen molar-refractivity contribution in [1.82, 2.24) is 10.4 Å². The Labute approximate surface area is 198 Å². The van der Waals surface area contributed by atoms with E-state index in [-0.39, 0.29) is 0 Å². The van der Waals surface area contributed by atoms with Crippen LogP contribution >= 0.6 is 58.4 Å². The lowest BCUT2D eigenvalue weighted by Gasteiger charge is -2.15. The third-order valence-electron chi connectivity index (χ3n) is 4.24. The molecule has 4 nitrogen and oxygen atoms in total. The molecule has 0 aliphatic carbocycles. The molecule has 0 aliphatic rings. The number of benzene rings is 3. The number of fused-ring (bicyclic) bond motifs is 1. The number of hydrogen-bond donors (Lipinski definition) is 3. The predicted molar refractivity (Wildman–Crippen MR) is 134 cm³/mol. The summed E-state index contributed by atoms with van der Waals surface area (Å²) in [6, 6.07) is 17.4. The molecule has 0 amide bonds. The molecule has 0 radical (unpaired) electrons. The van der Waals surface area contributed by atoms with Crippen LogP contribution in [0.1, 0.15) is 5.56 Å². The zero-order valence-corrected chi connectivity index (χ0v) is 19.5. The summed E-state index contributed by atoms with van der Waals surface area (Å²) in [5, 5.41) is 5.68. The fraction of sp³-hybridized carbons (Fsp3) is 0.0476. The minimum atomic E-state index is 0.361. The highest BCUT2D eigenvalue weighted by Crippen LogP contribution is 2.33. The Morgan fingerprint density at radius 3 is 2.37 bits per heavy atom. The van der Waals surface area contributed by atoms with E-state index in [1.165, 1.54) is 10.3 Å². The van der Waals surface area contributed by atoms with E-state index in [4.69, 9.17) is 52.0 Å². The summed E-state index contributed by atoms with van der Waals surface area (Å²) in [6.07, 6.45) is 0. The van der Waals surface area contributed by atoms with Crippen molar-refractivity contribution >= 4 is 85.1 Å². The number of hydrazine groups is 1. The number of anilines is 2. The van der Waals surface area contributed by atoms with E-state index in [0.717, 1.165) is 21.8 Å². The fourth-order valence-corrected chi connectivity index (χ4v) is 4.94. The van der Waals surface area contributed by atoms with Gasteiger partial charge in [0.2, 0.25) is 0 Å². The Morgan fingerprint density at radius 2 is 1.67 bits per heavy atom. The third-order valence-corrected chi connectivity index (χ3v) is 6.33. The van der Waals surface area contributed by atoms with Crippen molar-refractivity contribution in [2.24, 2.45) is 0 Å². The summed E-state index contributed by atoms with van der Waals surface area (Å²) in [6.45, 7) is 2.08. The number of halogens is 3. The van der Waals surface area contributed by atoms with Gasteiger partial charge in [-0.1, -0.05) is 40.9 Å². The molecule has 0 aliphatic heterocycles. The molecule has 152 valence electrons. The summed E-state index contributed by atoms with van der Waals surface area (Å²) < 4.78 is 1.18. The normalized spacial score (nSPS) is 10.8. The van der Waals surface area contributed by atoms with Crippen molar-refractivity contribution in [2.45, 2.75) is 6.92 Å². The SMILES string of the molecule is Cc1ccc2nc(-c3ccc(NC(=S)NNc4c(Cl)cc(Cl)cc4Cl)cc3)sc2c1. The first-order valence-electron chi connectivity index (χ1n) is 8.84. The van der Waals surface area contributed by atoms with Crippen LogP contribution in [0.15, 0.2) is 54.6 Å². The van der Waals surface area contributed by atoms with Gasteiger partial charge in [0, 0.05) is 16.3 Å². The van der Waals surface area contributed by atoms with Crippen LogP contribution in [0.25, 0.3) is 20.8 Å². The lowest BCUT2D eigenvalue weighted by Crippen LogP contribution is -2.33. The maximum absolute atomic E-state index is 6.15. The number of thiocarbonyl (C=S) groups is 1. The highest BCUT2D eigenvalue weighted by atomic mass is 35.5. The molecule has 0 fully saturated rings. The van der Waals surface area contributed by atoms with Crippen LogP contribution in [-0.2, 0) is 0 Å². The smallest absolute Gasteiger partial charge is 0.189 e. The lowest BCUT2D eigenvalue weighted by molar-refractivity contribution is 1.14. The highest BCUT2D eigenvalue weighted by molar-refractivity contribution is 7.80. The topological polar surface area (TPSA) is 49.0 Å². The van der Waals surface area contributed by atoms with Gasteiger partial charge in [0.05, 0.1) is 25.9 Å². The summed E-state index contributed by atoms with van der Waals surface area (Å²) in [4.78, 5) is 4.72. The zero-order chi connectivity index (χ0) is 21.3. The molecule has 0 saturated carbocycles. The van der Waals surface area contributed by atoms with Crippen molar-refractivity contribution in [3.8, 4) is 10.6 Å². The van der Waals surface area contributed by atoms with Crippen molar-refractivity contribution in [2.75, 3.05) is 10.7 Å². The van der Waals surface area contributed by atoms with E-state index in [2.05, 4.69) is 41.3 Å². The molecule has 4 aromatic rings. The van der Waals surface area contributed by atoms with Crippen molar-refractivity contribution in [1.29, 1.82) is 0 Å². The van der Waals surface area contributed by atoms with Crippen LogP contribution in [0, 0.1) is 6.92 Å². The first kappa shape index (κ1) is 21.2. The fourth-order valence-electron chi connectivity index (χ4n) is 2.79. The van der Waals surface area contributed by atoms with E-state index >= 15 is 0 Å². The molecule has 3 aromatic carbocycles. The van der Waals surface area contributed by atoms with Gasteiger partial charge >= 0.3 is 0 Å². The van der Waals surface area contributed by atoms with Gasteiger partial charge in [-0.25, -0.2) is 4.98 Å². The largest absolute Gasteiger partial charge is 0.331 e. The Bertz CT molecular complexity index is 1220. The number of nitrogens with one attached hydrogen (secondary N) is 3. The van der Waals surface area contributed by atoms with Gasteiger partial charge in [0.25, 0.3) is 0 Å². The van der Waals surface area contributed by atoms with Gasteiger partial charge in [0.1, 0.15) is 5.01 Å². The molecular weight excluding hydrogens is 479 g/mol. The molecule has 9 heteroatoms. The third kappa shape index (κ3) is 4.79. The van der Waals surface area contributed by atoms with Gasteiger partial charge in [-0.15, -0.1) is 11.3 Å². The summed E-state index contributed by atoms with van der Waals surface area (Å²) in [5.41, 5.74) is 10.4. The van der Waals surface area contributed by atoms with Gasteiger partial charge in [-0.3, -0.25) is 10.9 Å². The van der Waals surface area contributed by atoms with Gasteiger partial charge in [-0.2, -0.15) is 0 Å². The Hall–Kier alpha value is -2.09. The van der Waals surface area contributed by atoms with Crippen LogP contribution in [0.2, 0.25) is 15.1 Å². The van der Waals surface area contributed by atoms with Crippen LogP contribution in [0.5, 0.6) is 0 Å². The van der Waals surface area contributed by atoms with Crippen LogP contribution in [0.4, 0.5) is 11.4 Å². The molecule has 1 aromatic heterocycles. The van der Waals surface area contributed by atoms with Crippen molar-refractivity contribution in [3.05, 3.63) is 75.2 Å². The monoisotopic (exact) mass is 492 g/mol. The molecule has 3 N–H and O–H groups in total. The summed E-state index contributed by atoms with van der Waals surface area (Å²) >= 11 is 25.2. The zero-order valence-electron chi connectivity index (χ0n) is 15.6. The highest BCUT2D eigenvalue weighted by Gasteiger charge is 2.09. The molecule has 0 spiro atoms. The number of hydrogen-bond acceptors (Lipinski definition) is 4. The van der Waals surface area contributed by atoms with E-state index in [1.54, 1.807) is 23.5 Å². The van der Waals surface area contributed by atoms with Gasteiger partial charge in [-0.05, 0) is 73.2 Å². The number of aryl methyl sites for hydroxylation is 1. The van der Waals surface area contributed by atoms with Crippen LogP contribution in [-0.4, -0.2) is 10.1 Å². The molecule has 0 saturated heterocycles. The average Bonchev–Trinajstić information content (AvgIpc) is 3.11. The molecule has 0 atom stereocenters. The average molecular weight is 494 g/mol. The Morgan fingerprint density at radius 1 is 0.967 bits per heavy atom. The second kappa shape index (κ2) is 8.96. The maximum atomic E-state index is 6.15. The van der Waals surface area contributed by atoms with Crippen LogP contribution in [0.3, 0.4) is 0 Å². The van der Waals surface area contributed by atoms with Crippen LogP contribution < -0.4 is 16.2 Å². The first-order valence-corrected chi connectivity index (χ1v) is 11.2. The summed E-state index contributed by atoms with van der Waals surface area (Å²) in [7, 11) is 0. The first-order chi connectivity index (χ1) is 14.4. The summed E-state index contributed by atoms with van der Waals surface area (Å²) in [5.74, 6) is 0. The lowest BCUT2D eigenvalue weighted by atomic mass is 10.2. The van der Waals surface area contributed by atoms with Crippen molar-refractivity contribution < 1.29 is 0 Å². The van der Waals surface area contributed by atoms with E-state index in [1.807, 2.05) is 24.3 Å². The molecule has 0 bridgehead atoms. The maximum Gasteiger partial charge on any atom is 0.189 e. The van der Waals surface area contributed by atoms with E-state index in [0.29, 0.717) is 25.9 Å². The van der Waals surface area contributed by atoms with Gasteiger partial charge < -0.3 is 5.32 Å². The predicted octanol–water partition coefficient (Wildman–Crippen LogP) is 7.55. The number of nitrogens with zero attached hydrogens (tertiary/aromatic N) is 1. The molecule has 4 rings (SSSR count). The second-order valence-corrected chi connectivity index (χ2v) is 9.21. The molecule has 0 unspecified atom stereocenters. The molecule has 1 heterocycles. The van der Waals surface area contributed by atoms with E-state index in [9.17, 15) is 0 Å². The minimum Gasteiger partial charge on any atom is -0.331 e. The molecule has 30 heavy (non-hydrogen) atoms. The van der Waals surface area contributed by atoms with Crippen molar-refractivity contribution in [3.63, 3.8) is 0 Å². The Kier molecular flexibility index (Phi) is 6.32. The number of thiazole rings is 1. The number of rotatable bonds is 4. The quantitative estimate of drug-likeness (QED) is 0.202. The van der Waals surface area contributed by atoms with Gasteiger partial charge in [0.15, 0.2) is 5.11 Å². The second-order valence-electron chi connectivity index (χ2n) is 6.52. The van der Waals surface area contributed by atoms with E-state index < -0.39 is 0 Å². The standard InChI is InChI=1S/C21H15Cl3N4S2/c1-11-2-7-17-18(8-11)30-20(26-17)12-3-5-14(6-4-12)25-21(29)28-27-19-15(23)9-13(22)10-16(19)24/h2-10,27H,1H3,(H2,25,28,29). The molecular formula is C21H15Cl3N4S2. The Balaban J connectivity index is 1.41.